The largest absolute Gasteiger partial charge is 0.497 e. The number of methoxy groups -OCH3 is 2. The fourth-order valence-corrected chi connectivity index (χ4v) is 4.44. The topological polar surface area (TPSA) is 59.8 Å². The van der Waals surface area contributed by atoms with Gasteiger partial charge < -0.3 is 19.3 Å². The van der Waals surface area contributed by atoms with Crippen molar-refractivity contribution < 1.29 is 18.7 Å². The maximum atomic E-state index is 13.7. The number of aromatic nitrogens is 2. The summed E-state index contributed by atoms with van der Waals surface area (Å²) in [7, 11) is 3.27. The predicted octanol–water partition coefficient (Wildman–Crippen LogP) is 4.66. The number of halogens is 1. The average molecular weight is 487 g/mol. The van der Waals surface area contributed by atoms with Crippen molar-refractivity contribution in [3.8, 4) is 28.4 Å². The van der Waals surface area contributed by atoms with Gasteiger partial charge in [-0.1, -0.05) is 24.3 Å². The molecule has 0 spiro atoms. The molecule has 1 aliphatic rings. The van der Waals surface area contributed by atoms with Crippen LogP contribution in [0.2, 0.25) is 0 Å². The summed E-state index contributed by atoms with van der Waals surface area (Å²) in [5, 5.41) is 4.72. The molecule has 4 aromatic rings. The van der Waals surface area contributed by atoms with Crippen molar-refractivity contribution in [3.63, 3.8) is 0 Å². The zero-order valence-electron chi connectivity index (χ0n) is 20.2. The molecule has 36 heavy (non-hydrogen) atoms. The van der Waals surface area contributed by atoms with Crippen molar-refractivity contribution in [1.82, 2.24) is 14.7 Å². The number of rotatable bonds is 6. The summed E-state index contributed by atoms with van der Waals surface area (Å²) in [5.74, 6) is 1.04. The van der Waals surface area contributed by atoms with Crippen molar-refractivity contribution in [2.24, 2.45) is 0 Å². The molecule has 0 saturated carbocycles. The second-order valence-corrected chi connectivity index (χ2v) is 8.49. The van der Waals surface area contributed by atoms with E-state index in [4.69, 9.17) is 14.6 Å². The summed E-state index contributed by atoms with van der Waals surface area (Å²) in [6, 6.07) is 23.2. The highest BCUT2D eigenvalue weighted by atomic mass is 19.1. The van der Waals surface area contributed by atoms with Gasteiger partial charge in [0.15, 0.2) is 0 Å². The van der Waals surface area contributed by atoms with Gasteiger partial charge in [0, 0.05) is 31.7 Å². The molecular weight excluding hydrogens is 459 g/mol. The lowest BCUT2D eigenvalue weighted by Crippen LogP contribution is -2.49. The molecule has 0 N–H and O–H groups in total. The van der Waals surface area contributed by atoms with Gasteiger partial charge in [-0.3, -0.25) is 4.79 Å². The first-order valence-corrected chi connectivity index (χ1v) is 11.7. The molecule has 5 rings (SSSR count). The predicted molar refractivity (Wildman–Crippen MR) is 137 cm³/mol. The van der Waals surface area contributed by atoms with Gasteiger partial charge in [-0.2, -0.15) is 5.10 Å². The van der Waals surface area contributed by atoms with Crippen molar-refractivity contribution in [2.45, 2.75) is 0 Å². The van der Waals surface area contributed by atoms with Crippen LogP contribution in [0.5, 0.6) is 11.5 Å². The Bertz CT molecular complexity index is 1360. The van der Waals surface area contributed by atoms with Crippen molar-refractivity contribution in [2.75, 3.05) is 45.3 Å². The van der Waals surface area contributed by atoms with Crippen LogP contribution in [0.3, 0.4) is 0 Å². The SMILES string of the molecule is COc1cccc(-c2cc(C(=O)N3CCN(c4ccccc4OC)CC3)n(-c3ccc(F)cc3)n2)c1. The Morgan fingerprint density at radius 2 is 1.61 bits per heavy atom. The number of para-hydroxylation sites is 2. The zero-order valence-corrected chi connectivity index (χ0v) is 20.2. The first kappa shape index (κ1) is 23.4. The molecule has 1 amide bonds. The van der Waals surface area contributed by atoms with Crippen LogP contribution < -0.4 is 14.4 Å². The third kappa shape index (κ3) is 4.62. The van der Waals surface area contributed by atoms with E-state index in [2.05, 4.69) is 4.90 Å². The van der Waals surface area contributed by atoms with E-state index in [1.54, 1.807) is 37.1 Å². The molecule has 0 atom stereocenters. The molecule has 7 nitrogen and oxygen atoms in total. The molecule has 0 bridgehead atoms. The Morgan fingerprint density at radius 1 is 0.861 bits per heavy atom. The van der Waals surface area contributed by atoms with E-state index in [1.807, 2.05) is 53.4 Å². The summed E-state index contributed by atoms with van der Waals surface area (Å²) >= 11 is 0. The smallest absolute Gasteiger partial charge is 0.272 e. The molecule has 0 radical (unpaired) electrons. The Balaban J connectivity index is 1.44. The van der Waals surface area contributed by atoms with Crippen LogP contribution in [0.1, 0.15) is 10.5 Å². The lowest BCUT2D eigenvalue weighted by molar-refractivity contribution is 0.0737. The molecule has 184 valence electrons. The minimum atomic E-state index is -0.348. The van der Waals surface area contributed by atoms with Gasteiger partial charge in [0.2, 0.25) is 0 Å². The van der Waals surface area contributed by atoms with E-state index in [0.717, 1.165) is 17.0 Å². The summed E-state index contributed by atoms with van der Waals surface area (Å²) in [5.41, 5.74) is 3.51. The third-order valence-electron chi connectivity index (χ3n) is 6.36. The van der Waals surface area contributed by atoms with Crippen LogP contribution in [0.25, 0.3) is 16.9 Å². The van der Waals surface area contributed by atoms with Gasteiger partial charge in [0.05, 0.1) is 31.3 Å². The summed E-state index contributed by atoms with van der Waals surface area (Å²) in [4.78, 5) is 17.8. The zero-order chi connectivity index (χ0) is 25.1. The van der Waals surface area contributed by atoms with Crippen LogP contribution in [-0.4, -0.2) is 61.0 Å². The highest BCUT2D eigenvalue weighted by Gasteiger charge is 2.27. The van der Waals surface area contributed by atoms with E-state index in [0.29, 0.717) is 49.0 Å². The molecule has 8 heteroatoms. The number of anilines is 1. The average Bonchev–Trinajstić information content (AvgIpc) is 3.39. The van der Waals surface area contributed by atoms with Crippen LogP contribution in [0, 0.1) is 5.82 Å². The van der Waals surface area contributed by atoms with E-state index >= 15 is 0 Å². The Kier molecular flexibility index (Phi) is 6.58. The number of carbonyl (C=O) groups excluding carboxylic acids is 1. The molecule has 0 aliphatic carbocycles. The Morgan fingerprint density at radius 3 is 2.33 bits per heavy atom. The minimum Gasteiger partial charge on any atom is -0.497 e. The quantitative estimate of drug-likeness (QED) is 0.397. The fourth-order valence-electron chi connectivity index (χ4n) is 4.44. The molecule has 1 fully saturated rings. The van der Waals surface area contributed by atoms with Gasteiger partial charge in [0.1, 0.15) is 23.0 Å². The molecule has 3 aromatic carbocycles. The first-order valence-electron chi connectivity index (χ1n) is 11.7. The van der Waals surface area contributed by atoms with Crippen LogP contribution >= 0.6 is 0 Å². The van der Waals surface area contributed by atoms with Crippen LogP contribution in [0.15, 0.2) is 78.9 Å². The van der Waals surface area contributed by atoms with E-state index < -0.39 is 0 Å². The van der Waals surface area contributed by atoms with Crippen molar-refractivity contribution in [3.05, 3.63) is 90.4 Å². The van der Waals surface area contributed by atoms with E-state index in [-0.39, 0.29) is 11.7 Å². The minimum absolute atomic E-state index is 0.124. The fraction of sp³-hybridized carbons (Fsp3) is 0.214. The number of carbonyl (C=O) groups is 1. The standard InChI is InChI=1S/C28H27FN4O3/c1-35-23-7-5-6-20(18-23)24-19-26(33(30-24)22-12-10-21(29)11-13-22)28(34)32-16-14-31(15-17-32)25-8-3-4-9-27(25)36-2/h3-13,18-19H,14-17H2,1-2H3. The highest BCUT2D eigenvalue weighted by Crippen LogP contribution is 2.29. The van der Waals surface area contributed by atoms with E-state index in [1.165, 1.54) is 12.1 Å². The normalized spacial score (nSPS) is 13.5. The summed E-state index contributed by atoms with van der Waals surface area (Å²) in [6.07, 6.45) is 0. The summed E-state index contributed by atoms with van der Waals surface area (Å²) in [6.45, 7) is 2.47. The second kappa shape index (κ2) is 10.1. The molecular formula is C28H27FN4O3. The van der Waals surface area contributed by atoms with Gasteiger partial charge in [-0.05, 0) is 54.6 Å². The Labute approximate surface area is 209 Å². The number of benzene rings is 3. The van der Waals surface area contributed by atoms with Crippen molar-refractivity contribution >= 4 is 11.6 Å². The maximum Gasteiger partial charge on any atom is 0.272 e. The molecule has 0 unspecified atom stereocenters. The number of amides is 1. The lowest BCUT2D eigenvalue weighted by atomic mass is 10.1. The second-order valence-electron chi connectivity index (χ2n) is 8.49. The van der Waals surface area contributed by atoms with Crippen LogP contribution in [-0.2, 0) is 0 Å². The van der Waals surface area contributed by atoms with Crippen LogP contribution in [0.4, 0.5) is 10.1 Å². The molecule has 1 aromatic heterocycles. The molecule has 2 heterocycles. The number of nitrogens with zero attached hydrogens (tertiary/aromatic N) is 4. The third-order valence-corrected chi connectivity index (χ3v) is 6.36. The van der Waals surface area contributed by atoms with Gasteiger partial charge in [0.25, 0.3) is 5.91 Å². The Hall–Kier alpha value is -4.33. The van der Waals surface area contributed by atoms with Crippen molar-refractivity contribution in [1.29, 1.82) is 0 Å². The molecule has 1 aliphatic heterocycles. The maximum absolute atomic E-state index is 13.7. The van der Waals surface area contributed by atoms with Gasteiger partial charge in [-0.25, -0.2) is 9.07 Å². The van der Waals surface area contributed by atoms with E-state index in [9.17, 15) is 9.18 Å². The lowest BCUT2D eigenvalue weighted by Gasteiger charge is -2.36. The number of piperazine rings is 1. The molecule has 1 saturated heterocycles. The monoisotopic (exact) mass is 486 g/mol. The highest BCUT2D eigenvalue weighted by molar-refractivity contribution is 5.94. The summed E-state index contributed by atoms with van der Waals surface area (Å²) < 4.78 is 26.0. The number of hydrogen-bond acceptors (Lipinski definition) is 5. The van der Waals surface area contributed by atoms with Gasteiger partial charge >= 0.3 is 0 Å². The first-order chi connectivity index (χ1) is 17.6. The number of hydrogen-bond donors (Lipinski definition) is 0. The van der Waals surface area contributed by atoms with Gasteiger partial charge in [-0.15, -0.1) is 0 Å². The number of ether oxygens (including phenoxy) is 2.